The summed E-state index contributed by atoms with van der Waals surface area (Å²) in [6.45, 7) is 10.3. The smallest absolute Gasteiger partial charge is 0.0125 e. The molecule has 0 bridgehead atoms. The Morgan fingerprint density at radius 1 is 0.889 bits per heavy atom. The molecule has 0 aliphatic heterocycles. The number of nitrogens with zero attached hydrogens (tertiary/aromatic N) is 2. The second kappa shape index (κ2) is 6.91. The molecule has 0 radical (unpaired) electrons. The van der Waals surface area contributed by atoms with Crippen molar-refractivity contribution in [2.75, 3.05) is 33.7 Å². The molecule has 0 saturated carbocycles. The highest BCUT2D eigenvalue weighted by Crippen LogP contribution is 2.14. The zero-order chi connectivity index (χ0) is 13.6. The van der Waals surface area contributed by atoms with Crippen LogP contribution in [0.4, 0.5) is 0 Å². The van der Waals surface area contributed by atoms with E-state index in [1.165, 1.54) is 5.56 Å². The SMILES string of the molecule is CN(C)CCN(CCc1ccccc1)C(C)(C)C. The van der Waals surface area contributed by atoms with Crippen molar-refractivity contribution in [1.29, 1.82) is 0 Å². The van der Waals surface area contributed by atoms with Crippen LogP contribution >= 0.6 is 0 Å². The Morgan fingerprint density at radius 2 is 1.50 bits per heavy atom. The summed E-state index contributed by atoms with van der Waals surface area (Å²) in [6.07, 6.45) is 1.13. The molecule has 0 aliphatic rings. The summed E-state index contributed by atoms with van der Waals surface area (Å²) in [6, 6.07) is 10.8. The van der Waals surface area contributed by atoms with Gasteiger partial charge in [0.1, 0.15) is 0 Å². The molecule has 18 heavy (non-hydrogen) atoms. The quantitative estimate of drug-likeness (QED) is 0.764. The lowest BCUT2D eigenvalue weighted by atomic mass is 10.0. The largest absolute Gasteiger partial charge is 0.308 e. The normalized spacial score (nSPS) is 12.4. The summed E-state index contributed by atoms with van der Waals surface area (Å²) >= 11 is 0. The van der Waals surface area contributed by atoms with Crippen molar-refractivity contribution in [3.05, 3.63) is 35.9 Å². The van der Waals surface area contributed by atoms with E-state index >= 15 is 0 Å². The summed E-state index contributed by atoms with van der Waals surface area (Å²) < 4.78 is 0. The Bertz CT molecular complexity index is 325. The standard InChI is InChI=1S/C16H28N2/c1-16(2,3)18(14-13-17(4)5)12-11-15-9-7-6-8-10-15/h6-10H,11-14H2,1-5H3. The van der Waals surface area contributed by atoms with Gasteiger partial charge in [-0.2, -0.15) is 0 Å². The van der Waals surface area contributed by atoms with Crippen LogP contribution in [0.1, 0.15) is 26.3 Å². The first-order valence-corrected chi connectivity index (χ1v) is 6.83. The predicted octanol–water partition coefficient (Wildman–Crippen LogP) is 2.89. The first-order valence-electron chi connectivity index (χ1n) is 6.83. The summed E-state index contributed by atoms with van der Waals surface area (Å²) in [5, 5.41) is 0. The Morgan fingerprint density at radius 3 is 2.00 bits per heavy atom. The number of rotatable bonds is 6. The van der Waals surface area contributed by atoms with Gasteiger partial charge < -0.3 is 4.90 Å². The molecule has 2 nitrogen and oxygen atoms in total. The van der Waals surface area contributed by atoms with Gasteiger partial charge in [0.2, 0.25) is 0 Å². The molecule has 0 fully saturated rings. The van der Waals surface area contributed by atoms with Gasteiger partial charge in [-0.3, -0.25) is 4.90 Å². The lowest BCUT2D eigenvalue weighted by molar-refractivity contribution is 0.126. The lowest BCUT2D eigenvalue weighted by Gasteiger charge is -2.36. The molecule has 0 aromatic heterocycles. The summed E-state index contributed by atoms with van der Waals surface area (Å²) in [7, 11) is 4.27. The van der Waals surface area contributed by atoms with Gasteiger partial charge in [-0.15, -0.1) is 0 Å². The molecule has 0 unspecified atom stereocenters. The van der Waals surface area contributed by atoms with Gasteiger partial charge >= 0.3 is 0 Å². The maximum Gasteiger partial charge on any atom is 0.0125 e. The first-order chi connectivity index (χ1) is 8.39. The minimum absolute atomic E-state index is 0.241. The molecule has 0 atom stereocenters. The summed E-state index contributed by atoms with van der Waals surface area (Å²) in [4.78, 5) is 4.82. The minimum Gasteiger partial charge on any atom is -0.308 e. The van der Waals surface area contributed by atoms with E-state index in [4.69, 9.17) is 0 Å². The Kier molecular flexibility index (Phi) is 5.83. The van der Waals surface area contributed by atoms with Gasteiger partial charge in [-0.25, -0.2) is 0 Å². The molecule has 1 aromatic carbocycles. The molecule has 0 saturated heterocycles. The van der Waals surface area contributed by atoms with Crippen LogP contribution in [-0.2, 0) is 6.42 Å². The first kappa shape index (κ1) is 15.2. The fraction of sp³-hybridized carbons (Fsp3) is 0.625. The van der Waals surface area contributed by atoms with E-state index in [9.17, 15) is 0 Å². The third kappa shape index (κ3) is 5.65. The third-order valence-electron chi connectivity index (χ3n) is 3.28. The Labute approximate surface area is 113 Å². The van der Waals surface area contributed by atoms with E-state index < -0.39 is 0 Å². The highest BCUT2D eigenvalue weighted by Gasteiger charge is 2.20. The van der Waals surface area contributed by atoms with Crippen LogP contribution in [0.3, 0.4) is 0 Å². The van der Waals surface area contributed by atoms with Crippen LogP contribution in [-0.4, -0.2) is 49.1 Å². The topological polar surface area (TPSA) is 6.48 Å². The number of hydrogen-bond donors (Lipinski definition) is 0. The van der Waals surface area contributed by atoms with Crippen molar-refractivity contribution < 1.29 is 0 Å². The van der Waals surface area contributed by atoms with Gasteiger partial charge in [0.25, 0.3) is 0 Å². The Balaban J connectivity index is 2.51. The molecule has 2 heteroatoms. The second-order valence-corrected chi connectivity index (χ2v) is 6.20. The van der Waals surface area contributed by atoms with Crippen LogP contribution in [0.25, 0.3) is 0 Å². The molecule has 0 heterocycles. The van der Waals surface area contributed by atoms with E-state index in [0.717, 1.165) is 26.1 Å². The molecule has 1 rings (SSSR count). The average Bonchev–Trinajstić information content (AvgIpc) is 2.28. The molecule has 0 spiro atoms. The zero-order valence-electron chi connectivity index (χ0n) is 12.6. The molecular weight excluding hydrogens is 220 g/mol. The molecule has 0 N–H and O–H groups in total. The molecule has 102 valence electrons. The van der Waals surface area contributed by atoms with Crippen LogP contribution in [0.2, 0.25) is 0 Å². The van der Waals surface area contributed by atoms with Gasteiger partial charge in [-0.1, -0.05) is 30.3 Å². The third-order valence-corrected chi connectivity index (χ3v) is 3.28. The minimum atomic E-state index is 0.241. The maximum atomic E-state index is 2.57. The maximum absolute atomic E-state index is 2.57. The molecular formula is C16H28N2. The van der Waals surface area contributed by atoms with Crippen molar-refractivity contribution in [2.24, 2.45) is 0 Å². The highest BCUT2D eigenvalue weighted by molar-refractivity contribution is 5.14. The van der Waals surface area contributed by atoms with Gasteiger partial charge in [-0.05, 0) is 46.9 Å². The lowest BCUT2D eigenvalue weighted by Crippen LogP contribution is -2.45. The van der Waals surface area contributed by atoms with Crippen LogP contribution in [0.15, 0.2) is 30.3 Å². The summed E-state index contributed by atoms with van der Waals surface area (Å²) in [5.74, 6) is 0. The van der Waals surface area contributed by atoms with E-state index in [-0.39, 0.29) is 5.54 Å². The Hall–Kier alpha value is -0.860. The van der Waals surface area contributed by atoms with Gasteiger partial charge in [0, 0.05) is 25.2 Å². The van der Waals surface area contributed by atoms with Crippen molar-refractivity contribution in [3.63, 3.8) is 0 Å². The van der Waals surface area contributed by atoms with Crippen LogP contribution in [0, 0.1) is 0 Å². The molecule has 0 amide bonds. The van der Waals surface area contributed by atoms with Crippen LogP contribution < -0.4 is 0 Å². The number of hydrogen-bond acceptors (Lipinski definition) is 2. The van der Waals surface area contributed by atoms with Crippen molar-refractivity contribution in [3.8, 4) is 0 Å². The average molecular weight is 248 g/mol. The van der Waals surface area contributed by atoms with Gasteiger partial charge in [0.05, 0.1) is 0 Å². The number of benzene rings is 1. The summed E-state index contributed by atoms with van der Waals surface area (Å²) in [5.41, 5.74) is 1.67. The predicted molar refractivity (Wildman–Crippen MR) is 80.0 cm³/mol. The zero-order valence-corrected chi connectivity index (χ0v) is 12.6. The number of likely N-dealkylation sites (N-methyl/N-ethyl adjacent to an activating group) is 1. The van der Waals surface area contributed by atoms with E-state index in [0.29, 0.717) is 0 Å². The van der Waals surface area contributed by atoms with Crippen LogP contribution in [0.5, 0.6) is 0 Å². The van der Waals surface area contributed by atoms with Crippen molar-refractivity contribution >= 4 is 0 Å². The van der Waals surface area contributed by atoms with Gasteiger partial charge in [0.15, 0.2) is 0 Å². The molecule has 0 aliphatic carbocycles. The molecule has 1 aromatic rings. The van der Waals surface area contributed by atoms with Crippen molar-refractivity contribution in [1.82, 2.24) is 9.80 Å². The van der Waals surface area contributed by atoms with E-state index in [1.807, 2.05) is 0 Å². The van der Waals surface area contributed by atoms with E-state index in [1.54, 1.807) is 0 Å². The second-order valence-electron chi connectivity index (χ2n) is 6.20. The monoisotopic (exact) mass is 248 g/mol. The van der Waals surface area contributed by atoms with Crippen molar-refractivity contribution in [2.45, 2.75) is 32.7 Å². The van der Waals surface area contributed by atoms with E-state index in [2.05, 4.69) is 75.0 Å². The highest BCUT2D eigenvalue weighted by atomic mass is 15.2. The fourth-order valence-electron chi connectivity index (χ4n) is 2.01. The fourth-order valence-corrected chi connectivity index (χ4v) is 2.01.